The Balaban J connectivity index is 2.41. The summed E-state index contributed by atoms with van der Waals surface area (Å²) in [5.74, 6) is 0.405. The first-order chi connectivity index (χ1) is 10.0. The van der Waals surface area contributed by atoms with Gasteiger partial charge in [-0.05, 0) is 44.0 Å². The standard InChI is InChI=1S/C15H24N2O3S/c1-4-17(13-6-5-9-16-11-13)21(18,19)15-10-12(2)7-8-14(15)20-3/h7-8,10,13,16H,4-6,9,11H2,1-3H3. The van der Waals surface area contributed by atoms with Crippen molar-refractivity contribution in [1.29, 1.82) is 0 Å². The third-order valence-corrected chi connectivity index (χ3v) is 5.94. The zero-order chi connectivity index (χ0) is 15.5. The fraction of sp³-hybridized carbons (Fsp3) is 0.600. The van der Waals surface area contributed by atoms with Crippen LogP contribution in [0.4, 0.5) is 0 Å². The van der Waals surface area contributed by atoms with Gasteiger partial charge in [0.1, 0.15) is 10.6 Å². The van der Waals surface area contributed by atoms with E-state index in [0.717, 1.165) is 24.9 Å². The molecule has 0 saturated carbocycles. The number of rotatable bonds is 5. The van der Waals surface area contributed by atoms with Crippen molar-refractivity contribution >= 4 is 10.0 Å². The Morgan fingerprint density at radius 1 is 1.43 bits per heavy atom. The Morgan fingerprint density at radius 3 is 2.76 bits per heavy atom. The molecule has 2 rings (SSSR count). The number of methoxy groups -OCH3 is 1. The van der Waals surface area contributed by atoms with Gasteiger partial charge in [0, 0.05) is 19.1 Å². The number of sulfonamides is 1. The molecule has 1 aliphatic heterocycles. The summed E-state index contributed by atoms with van der Waals surface area (Å²) in [6.07, 6.45) is 1.90. The molecular formula is C15H24N2O3S. The second-order valence-corrected chi connectivity index (χ2v) is 7.22. The van der Waals surface area contributed by atoms with Crippen molar-refractivity contribution in [2.24, 2.45) is 0 Å². The Hall–Kier alpha value is -1.11. The van der Waals surface area contributed by atoms with Crippen molar-refractivity contribution in [1.82, 2.24) is 9.62 Å². The van der Waals surface area contributed by atoms with E-state index in [1.165, 1.54) is 7.11 Å². The lowest BCUT2D eigenvalue weighted by Crippen LogP contribution is -2.48. The molecule has 1 heterocycles. The number of hydrogen-bond donors (Lipinski definition) is 1. The lowest BCUT2D eigenvalue weighted by atomic mass is 10.1. The lowest BCUT2D eigenvalue weighted by molar-refractivity contribution is 0.273. The summed E-state index contributed by atoms with van der Waals surface area (Å²) in [6, 6.07) is 5.28. The largest absolute Gasteiger partial charge is 0.495 e. The van der Waals surface area contributed by atoms with Gasteiger partial charge in [0.25, 0.3) is 0 Å². The van der Waals surface area contributed by atoms with Crippen LogP contribution in [-0.2, 0) is 10.0 Å². The van der Waals surface area contributed by atoms with Gasteiger partial charge in [0.05, 0.1) is 7.11 Å². The number of benzene rings is 1. The number of likely N-dealkylation sites (N-methyl/N-ethyl adjacent to an activating group) is 1. The van der Waals surface area contributed by atoms with Crippen molar-refractivity contribution in [3.8, 4) is 5.75 Å². The van der Waals surface area contributed by atoms with Crippen LogP contribution in [0.2, 0.25) is 0 Å². The fourth-order valence-corrected chi connectivity index (χ4v) is 4.72. The van der Waals surface area contributed by atoms with Crippen LogP contribution in [-0.4, -0.2) is 45.5 Å². The average molecular weight is 312 g/mol. The summed E-state index contributed by atoms with van der Waals surface area (Å²) in [5.41, 5.74) is 0.909. The minimum atomic E-state index is -3.55. The van der Waals surface area contributed by atoms with Crippen LogP contribution >= 0.6 is 0 Å². The maximum atomic E-state index is 13.0. The van der Waals surface area contributed by atoms with Crippen molar-refractivity contribution in [3.63, 3.8) is 0 Å². The van der Waals surface area contributed by atoms with Crippen molar-refractivity contribution in [2.45, 2.75) is 37.6 Å². The van der Waals surface area contributed by atoms with Gasteiger partial charge in [-0.2, -0.15) is 4.31 Å². The Labute approximate surface area is 127 Å². The molecular weight excluding hydrogens is 288 g/mol. The van der Waals surface area contributed by atoms with Crippen LogP contribution in [0.25, 0.3) is 0 Å². The molecule has 1 fully saturated rings. The Bertz CT molecular complexity index is 581. The first-order valence-corrected chi connectivity index (χ1v) is 8.82. The molecule has 1 aliphatic rings. The number of nitrogens with zero attached hydrogens (tertiary/aromatic N) is 1. The van der Waals surface area contributed by atoms with E-state index < -0.39 is 10.0 Å². The van der Waals surface area contributed by atoms with Crippen LogP contribution in [0, 0.1) is 6.92 Å². The zero-order valence-electron chi connectivity index (χ0n) is 12.9. The monoisotopic (exact) mass is 312 g/mol. The predicted octanol–water partition coefficient (Wildman–Crippen LogP) is 1.77. The second-order valence-electron chi connectivity index (χ2n) is 5.36. The normalized spacial score (nSPS) is 19.7. The molecule has 21 heavy (non-hydrogen) atoms. The molecule has 0 radical (unpaired) electrons. The van der Waals surface area contributed by atoms with Crippen LogP contribution in [0.15, 0.2) is 23.1 Å². The van der Waals surface area contributed by atoms with E-state index in [1.807, 2.05) is 19.9 Å². The van der Waals surface area contributed by atoms with Crippen LogP contribution in [0.5, 0.6) is 5.75 Å². The van der Waals surface area contributed by atoms with E-state index in [4.69, 9.17) is 4.74 Å². The summed E-state index contributed by atoms with van der Waals surface area (Å²) >= 11 is 0. The van der Waals surface area contributed by atoms with Gasteiger partial charge in [-0.1, -0.05) is 13.0 Å². The van der Waals surface area contributed by atoms with E-state index in [1.54, 1.807) is 16.4 Å². The highest BCUT2D eigenvalue weighted by atomic mass is 32.2. The maximum absolute atomic E-state index is 13.0. The summed E-state index contributed by atoms with van der Waals surface area (Å²) in [7, 11) is -2.05. The lowest BCUT2D eigenvalue weighted by Gasteiger charge is -2.33. The number of nitrogens with one attached hydrogen (secondary N) is 1. The van der Waals surface area contributed by atoms with Gasteiger partial charge in [0.15, 0.2) is 0 Å². The van der Waals surface area contributed by atoms with E-state index >= 15 is 0 Å². The molecule has 1 unspecified atom stereocenters. The van der Waals surface area contributed by atoms with Gasteiger partial charge in [-0.25, -0.2) is 8.42 Å². The highest BCUT2D eigenvalue weighted by Gasteiger charge is 2.33. The fourth-order valence-electron chi connectivity index (χ4n) is 2.82. The Morgan fingerprint density at radius 2 is 2.19 bits per heavy atom. The minimum absolute atomic E-state index is 0.0129. The van der Waals surface area contributed by atoms with Gasteiger partial charge < -0.3 is 10.1 Å². The van der Waals surface area contributed by atoms with Crippen LogP contribution in [0.3, 0.4) is 0 Å². The van der Waals surface area contributed by atoms with Crippen molar-refractivity contribution in [3.05, 3.63) is 23.8 Å². The number of piperidine rings is 1. The average Bonchev–Trinajstić information content (AvgIpc) is 2.49. The first-order valence-electron chi connectivity index (χ1n) is 7.38. The zero-order valence-corrected chi connectivity index (χ0v) is 13.7. The van der Waals surface area contributed by atoms with E-state index in [0.29, 0.717) is 18.8 Å². The SMILES string of the molecule is CCN(C1CCCNC1)S(=O)(=O)c1cc(C)ccc1OC. The Kier molecular flexibility index (Phi) is 5.24. The molecule has 5 nitrogen and oxygen atoms in total. The summed E-state index contributed by atoms with van der Waals surface area (Å²) in [5, 5.41) is 3.28. The second kappa shape index (κ2) is 6.77. The first kappa shape index (κ1) is 16.3. The molecule has 1 N–H and O–H groups in total. The molecule has 6 heteroatoms. The molecule has 0 amide bonds. The van der Waals surface area contributed by atoms with E-state index in [2.05, 4.69) is 5.32 Å². The quantitative estimate of drug-likeness (QED) is 0.900. The van der Waals surface area contributed by atoms with Gasteiger partial charge >= 0.3 is 0 Å². The smallest absolute Gasteiger partial charge is 0.247 e. The molecule has 0 aliphatic carbocycles. The predicted molar refractivity (Wildman–Crippen MR) is 83.2 cm³/mol. The van der Waals surface area contributed by atoms with Gasteiger partial charge in [-0.15, -0.1) is 0 Å². The summed E-state index contributed by atoms with van der Waals surface area (Å²) in [4.78, 5) is 0.262. The number of ether oxygens (including phenoxy) is 1. The topological polar surface area (TPSA) is 58.6 Å². The molecule has 0 spiro atoms. The molecule has 1 saturated heterocycles. The third-order valence-electron chi connectivity index (χ3n) is 3.90. The van der Waals surface area contributed by atoms with Crippen LogP contribution in [0.1, 0.15) is 25.3 Å². The number of aryl methyl sites for hydroxylation is 1. The minimum Gasteiger partial charge on any atom is -0.495 e. The van der Waals surface area contributed by atoms with Crippen molar-refractivity contribution in [2.75, 3.05) is 26.7 Å². The molecule has 118 valence electrons. The maximum Gasteiger partial charge on any atom is 0.247 e. The molecule has 0 aromatic heterocycles. The van der Waals surface area contributed by atoms with E-state index in [9.17, 15) is 8.42 Å². The van der Waals surface area contributed by atoms with Gasteiger partial charge in [0.2, 0.25) is 10.0 Å². The molecule has 1 atom stereocenters. The molecule has 1 aromatic carbocycles. The summed E-state index contributed by atoms with van der Waals surface area (Å²) in [6.45, 7) is 5.90. The van der Waals surface area contributed by atoms with Crippen molar-refractivity contribution < 1.29 is 13.2 Å². The van der Waals surface area contributed by atoms with Crippen LogP contribution < -0.4 is 10.1 Å². The van der Waals surface area contributed by atoms with Gasteiger partial charge in [-0.3, -0.25) is 0 Å². The third kappa shape index (κ3) is 3.39. The highest BCUT2D eigenvalue weighted by molar-refractivity contribution is 7.89. The molecule has 1 aromatic rings. The van der Waals surface area contributed by atoms with E-state index in [-0.39, 0.29) is 10.9 Å². The number of hydrogen-bond acceptors (Lipinski definition) is 4. The molecule has 0 bridgehead atoms. The highest BCUT2D eigenvalue weighted by Crippen LogP contribution is 2.29. The summed E-state index contributed by atoms with van der Waals surface area (Å²) < 4.78 is 32.9.